The van der Waals surface area contributed by atoms with E-state index < -0.39 is 18.1 Å². The Hall–Kier alpha value is -1.08. The molecule has 0 atom stereocenters. The molecule has 0 amide bonds. The van der Waals surface area contributed by atoms with Gasteiger partial charge in [-0.15, -0.1) is 0 Å². The summed E-state index contributed by atoms with van der Waals surface area (Å²) in [6.45, 7) is 0. The molecule has 2 aromatic carbocycles. The molecule has 0 aromatic heterocycles. The van der Waals surface area contributed by atoms with Crippen molar-refractivity contribution in [2.45, 2.75) is 22.6 Å². The highest BCUT2D eigenvalue weighted by atomic mass is 35.7. The molecule has 0 fully saturated rings. The summed E-state index contributed by atoms with van der Waals surface area (Å²) in [5.74, 6) is 0. The molecular formula is C14H10Cl2O4S2. The van der Waals surface area contributed by atoms with Crippen LogP contribution < -0.4 is 0 Å². The summed E-state index contributed by atoms with van der Waals surface area (Å²) < 4.78 is 46.9. The van der Waals surface area contributed by atoms with Gasteiger partial charge in [-0.2, -0.15) is 0 Å². The average molecular weight is 377 g/mol. The predicted octanol–water partition coefficient (Wildman–Crippen LogP) is 3.04. The van der Waals surface area contributed by atoms with E-state index in [4.69, 9.17) is 21.4 Å². The molecule has 0 radical (unpaired) electrons. The van der Waals surface area contributed by atoms with Gasteiger partial charge in [0.25, 0.3) is 18.1 Å². The second kappa shape index (κ2) is 5.23. The Balaban J connectivity index is 2.26. The molecule has 1 aliphatic carbocycles. The Labute approximate surface area is 137 Å². The standard InChI is InChI=1S/C14H10Cl2O4S2/c15-21(17,18)13-5-1-3-9-7-10-4-2-6-14(22(16,19)20)12(10)8-11(9)13/h1-6H,7-8H2. The second-order valence-corrected chi connectivity index (χ2v) is 10.1. The summed E-state index contributed by atoms with van der Waals surface area (Å²) in [5.41, 5.74) is 2.69. The van der Waals surface area contributed by atoms with Crippen LogP contribution >= 0.6 is 21.4 Å². The predicted molar refractivity (Wildman–Crippen MR) is 84.6 cm³/mol. The largest absolute Gasteiger partial charge is 0.261 e. The fraction of sp³-hybridized carbons (Fsp3) is 0.143. The maximum Gasteiger partial charge on any atom is 0.261 e. The molecule has 0 N–H and O–H groups in total. The number of hydrogen-bond acceptors (Lipinski definition) is 4. The number of benzene rings is 2. The van der Waals surface area contributed by atoms with Crippen LogP contribution in [0.25, 0.3) is 0 Å². The molecule has 4 nitrogen and oxygen atoms in total. The lowest BCUT2D eigenvalue weighted by molar-refractivity contribution is 0.608. The summed E-state index contributed by atoms with van der Waals surface area (Å²) in [4.78, 5) is 0.0261. The fourth-order valence-corrected chi connectivity index (χ4v) is 5.14. The lowest BCUT2D eigenvalue weighted by Gasteiger charge is -2.22. The van der Waals surface area contributed by atoms with Crippen LogP contribution in [0.15, 0.2) is 46.2 Å². The van der Waals surface area contributed by atoms with Crippen molar-refractivity contribution in [2.24, 2.45) is 0 Å². The van der Waals surface area contributed by atoms with Crippen molar-refractivity contribution in [3.05, 3.63) is 58.7 Å². The molecular weight excluding hydrogens is 367 g/mol. The van der Waals surface area contributed by atoms with Crippen LogP contribution in [0.5, 0.6) is 0 Å². The lowest BCUT2D eigenvalue weighted by Crippen LogP contribution is -2.14. The molecule has 22 heavy (non-hydrogen) atoms. The summed E-state index contributed by atoms with van der Waals surface area (Å²) >= 11 is 0. The molecule has 0 saturated carbocycles. The Bertz CT molecular complexity index is 900. The molecule has 0 saturated heterocycles. The fourth-order valence-electron chi connectivity index (χ4n) is 2.79. The van der Waals surface area contributed by atoms with E-state index in [-0.39, 0.29) is 16.2 Å². The zero-order chi connectivity index (χ0) is 16.1. The molecule has 0 bridgehead atoms. The second-order valence-electron chi connectivity index (χ2n) is 5.02. The third kappa shape index (κ3) is 2.76. The smallest absolute Gasteiger partial charge is 0.207 e. The van der Waals surface area contributed by atoms with Gasteiger partial charge in [0.05, 0.1) is 9.79 Å². The maximum absolute atomic E-state index is 11.7. The molecule has 0 spiro atoms. The normalized spacial score (nSPS) is 14.3. The van der Waals surface area contributed by atoms with Crippen molar-refractivity contribution in [3.63, 3.8) is 0 Å². The van der Waals surface area contributed by atoms with E-state index in [1.54, 1.807) is 12.1 Å². The van der Waals surface area contributed by atoms with Crippen LogP contribution in [0, 0.1) is 0 Å². The first-order chi connectivity index (χ1) is 10.2. The molecule has 3 rings (SSSR count). The zero-order valence-corrected chi connectivity index (χ0v) is 14.2. The molecule has 2 aromatic rings. The van der Waals surface area contributed by atoms with Gasteiger partial charge >= 0.3 is 0 Å². The Morgan fingerprint density at radius 3 is 1.45 bits per heavy atom. The highest BCUT2D eigenvalue weighted by Gasteiger charge is 2.27. The average Bonchev–Trinajstić information content (AvgIpc) is 2.41. The summed E-state index contributed by atoms with van der Waals surface area (Å²) in [7, 11) is 3.15. The van der Waals surface area contributed by atoms with Gasteiger partial charge in [-0.25, -0.2) is 16.8 Å². The van der Waals surface area contributed by atoms with Crippen LogP contribution in [-0.2, 0) is 30.9 Å². The molecule has 1 aliphatic rings. The number of fused-ring (bicyclic) bond motifs is 2. The Morgan fingerprint density at radius 2 is 1.09 bits per heavy atom. The van der Waals surface area contributed by atoms with Crippen molar-refractivity contribution >= 4 is 39.5 Å². The lowest BCUT2D eigenvalue weighted by atomic mass is 9.86. The van der Waals surface area contributed by atoms with E-state index in [9.17, 15) is 16.8 Å². The highest BCUT2D eigenvalue weighted by molar-refractivity contribution is 8.14. The van der Waals surface area contributed by atoms with E-state index in [2.05, 4.69) is 0 Å². The molecule has 0 aliphatic heterocycles. The van der Waals surface area contributed by atoms with E-state index in [0.29, 0.717) is 17.5 Å². The van der Waals surface area contributed by atoms with E-state index in [0.717, 1.165) is 11.1 Å². The van der Waals surface area contributed by atoms with Crippen molar-refractivity contribution in [1.29, 1.82) is 0 Å². The van der Waals surface area contributed by atoms with Crippen LogP contribution in [-0.4, -0.2) is 16.8 Å². The third-order valence-electron chi connectivity index (χ3n) is 3.72. The van der Waals surface area contributed by atoms with Gasteiger partial charge in [0.15, 0.2) is 0 Å². The molecule has 0 heterocycles. The summed E-state index contributed by atoms with van der Waals surface area (Å²) in [6.07, 6.45) is 0.597. The number of halogens is 2. The Morgan fingerprint density at radius 1 is 0.682 bits per heavy atom. The minimum atomic E-state index is -3.91. The number of rotatable bonds is 2. The first-order valence-electron chi connectivity index (χ1n) is 6.29. The zero-order valence-electron chi connectivity index (χ0n) is 11.1. The molecule has 116 valence electrons. The first-order valence-corrected chi connectivity index (χ1v) is 10.9. The van der Waals surface area contributed by atoms with Gasteiger partial charge in [-0.1, -0.05) is 24.3 Å². The van der Waals surface area contributed by atoms with E-state index in [1.807, 2.05) is 12.1 Å². The summed E-state index contributed by atoms with van der Waals surface area (Å²) in [5, 5.41) is 0. The van der Waals surface area contributed by atoms with Gasteiger partial charge in [0.2, 0.25) is 0 Å². The SMILES string of the molecule is O=S(=O)(Cl)c1cccc2c1Cc1c(cccc1S(=O)(=O)Cl)C2. The van der Waals surface area contributed by atoms with Gasteiger partial charge in [0.1, 0.15) is 0 Å². The van der Waals surface area contributed by atoms with Gasteiger partial charge in [0, 0.05) is 27.8 Å². The summed E-state index contributed by atoms with van der Waals surface area (Å²) in [6, 6.07) is 9.72. The third-order valence-corrected chi connectivity index (χ3v) is 6.53. The van der Waals surface area contributed by atoms with Crippen LogP contribution in [0.4, 0.5) is 0 Å². The maximum atomic E-state index is 11.7. The molecule has 0 unspecified atom stereocenters. The van der Waals surface area contributed by atoms with Gasteiger partial charge in [-0.3, -0.25) is 0 Å². The number of hydrogen-bond donors (Lipinski definition) is 0. The van der Waals surface area contributed by atoms with Crippen molar-refractivity contribution in [3.8, 4) is 0 Å². The monoisotopic (exact) mass is 376 g/mol. The van der Waals surface area contributed by atoms with Crippen LogP contribution in [0.2, 0.25) is 0 Å². The van der Waals surface area contributed by atoms with Gasteiger partial charge < -0.3 is 0 Å². The molecule has 8 heteroatoms. The van der Waals surface area contributed by atoms with Crippen LogP contribution in [0.3, 0.4) is 0 Å². The topological polar surface area (TPSA) is 68.3 Å². The minimum Gasteiger partial charge on any atom is -0.207 e. The highest BCUT2D eigenvalue weighted by Crippen LogP contribution is 2.36. The minimum absolute atomic E-state index is 0.0130. The van der Waals surface area contributed by atoms with Crippen molar-refractivity contribution < 1.29 is 16.8 Å². The van der Waals surface area contributed by atoms with Gasteiger partial charge in [-0.05, 0) is 40.8 Å². The van der Waals surface area contributed by atoms with E-state index >= 15 is 0 Å². The van der Waals surface area contributed by atoms with Crippen molar-refractivity contribution in [1.82, 2.24) is 0 Å². The quantitative estimate of drug-likeness (QED) is 0.644. The van der Waals surface area contributed by atoms with Crippen molar-refractivity contribution in [2.75, 3.05) is 0 Å². The van der Waals surface area contributed by atoms with E-state index in [1.165, 1.54) is 12.1 Å². The Kier molecular flexibility index (Phi) is 3.76. The van der Waals surface area contributed by atoms with Crippen LogP contribution in [0.1, 0.15) is 22.3 Å². The first kappa shape index (κ1) is 15.8.